The van der Waals surface area contributed by atoms with Crippen molar-refractivity contribution in [2.24, 2.45) is 5.11 Å². The summed E-state index contributed by atoms with van der Waals surface area (Å²) in [6.45, 7) is 3.16. The lowest BCUT2D eigenvalue weighted by atomic mass is 10.1. The molecular formula is C11H16N4O2S. The molecule has 1 rings (SSSR count). The van der Waals surface area contributed by atoms with Crippen LogP contribution in [-0.2, 0) is 9.53 Å². The molecule has 1 heterocycles. The predicted molar refractivity (Wildman–Crippen MR) is 70.3 cm³/mol. The van der Waals surface area contributed by atoms with Crippen LogP contribution in [0, 0.1) is 0 Å². The van der Waals surface area contributed by atoms with E-state index in [0.717, 1.165) is 5.56 Å². The molecule has 0 aliphatic heterocycles. The maximum Gasteiger partial charge on any atom is 0.327 e. The lowest BCUT2D eigenvalue weighted by molar-refractivity contribution is -0.145. The average molecular weight is 268 g/mol. The van der Waals surface area contributed by atoms with Crippen LogP contribution < -0.4 is 5.32 Å². The van der Waals surface area contributed by atoms with E-state index in [-0.39, 0.29) is 5.97 Å². The highest BCUT2D eigenvalue weighted by atomic mass is 32.1. The second-order valence-electron chi connectivity index (χ2n) is 3.50. The minimum atomic E-state index is -0.442. The first kappa shape index (κ1) is 14.5. The van der Waals surface area contributed by atoms with Gasteiger partial charge in [0.1, 0.15) is 6.04 Å². The fourth-order valence-corrected chi connectivity index (χ4v) is 2.13. The Morgan fingerprint density at radius 1 is 1.72 bits per heavy atom. The summed E-state index contributed by atoms with van der Waals surface area (Å²) < 4.78 is 5.03. The van der Waals surface area contributed by atoms with Crippen LogP contribution in [0.15, 0.2) is 21.9 Å². The van der Waals surface area contributed by atoms with Gasteiger partial charge in [0, 0.05) is 11.5 Å². The molecule has 18 heavy (non-hydrogen) atoms. The molecule has 6 nitrogen and oxygen atoms in total. The van der Waals surface area contributed by atoms with Crippen molar-refractivity contribution in [3.63, 3.8) is 0 Å². The monoisotopic (exact) mass is 268 g/mol. The van der Waals surface area contributed by atoms with E-state index in [9.17, 15) is 4.79 Å². The molecule has 98 valence electrons. The van der Waals surface area contributed by atoms with Gasteiger partial charge in [-0.15, -0.1) is 0 Å². The lowest BCUT2D eigenvalue weighted by Crippen LogP contribution is -2.31. The highest BCUT2D eigenvalue weighted by Gasteiger charge is 2.21. The zero-order valence-corrected chi connectivity index (χ0v) is 11.0. The average Bonchev–Trinajstić information content (AvgIpc) is 2.87. The van der Waals surface area contributed by atoms with E-state index in [4.69, 9.17) is 10.3 Å². The molecule has 1 aromatic heterocycles. The Morgan fingerprint density at radius 3 is 3.17 bits per heavy atom. The summed E-state index contributed by atoms with van der Waals surface area (Å²) in [5, 5.41) is 10.4. The van der Waals surface area contributed by atoms with Crippen LogP contribution in [0.4, 0.5) is 0 Å². The lowest BCUT2D eigenvalue weighted by Gasteiger charge is -2.15. The fourth-order valence-electron chi connectivity index (χ4n) is 1.44. The third kappa shape index (κ3) is 4.75. The van der Waals surface area contributed by atoms with Crippen LogP contribution in [0.25, 0.3) is 10.4 Å². The maximum absolute atomic E-state index is 11.8. The van der Waals surface area contributed by atoms with Crippen molar-refractivity contribution in [3.05, 3.63) is 32.8 Å². The molecule has 0 aromatic carbocycles. The van der Waals surface area contributed by atoms with E-state index in [1.54, 1.807) is 6.92 Å². The van der Waals surface area contributed by atoms with Crippen molar-refractivity contribution >= 4 is 17.3 Å². The van der Waals surface area contributed by atoms with E-state index in [0.29, 0.717) is 26.1 Å². The summed E-state index contributed by atoms with van der Waals surface area (Å²) >= 11 is 1.54. The van der Waals surface area contributed by atoms with Gasteiger partial charge in [0.25, 0.3) is 0 Å². The van der Waals surface area contributed by atoms with Crippen molar-refractivity contribution in [1.82, 2.24) is 5.32 Å². The Bertz CT molecular complexity index is 401. The number of carbonyl (C=O) groups is 1. The predicted octanol–water partition coefficient (Wildman–Crippen LogP) is 2.64. The topological polar surface area (TPSA) is 87.1 Å². The smallest absolute Gasteiger partial charge is 0.327 e. The highest BCUT2D eigenvalue weighted by molar-refractivity contribution is 7.08. The van der Waals surface area contributed by atoms with E-state index < -0.39 is 6.04 Å². The molecule has 0 amide bonds. The van der Waals surface area contributed by atoms with Gasteiger partial charge in [0.05, 0.1) is 6.61 Å². The van der Waals surface area contributed by atoms with Crippen molar-refractivity contribution in [2.45, 2.75) is 19.4 Å². The number of rotatable bonds is 8. The Kier molecular flexibility index (Phi) is 6.86. The van der Waals surface area contributed by atoms with Crippen LogP contribution in [0.5, 0.6) is 0 Å². The van der Waals surface area contributed by atoms with Crippen molar-refractivity contribution in [3.8, 4) is 0 Å². The summed E-state index contributed by atoms with van der Waals surface area (Å²) in [4.78, 5) is 14.5. The zero-order chi connectivity index (χ0) is 13.2. The molecule has 0 fully saturated rings. The molecule has 0 saturated carbocycles. The van der Waals surface area contributed by atoms with Gasteiger partial charge >= 0.3 is 5.97 Å². The standard InChI is InChI=1S/C11H16N4O2S/c1-2-17-11(16)10(9-4-7-18-8-9)13-5-3-6-14-15-12/h4,7-8,10,13H,2-3,5-6H2,1H3. The number of carbonyl (C=O) groups excluding carboxylic acids is 1. The molecule has 1 N–H and O–H groups in total. The zero-order valence-electron chi connectivity index (χ0n) is 10.2. The Hall–Kier alpha value is -1.56. The molecule has 0 radical (unpaired) electrons. The molecule has 1 unspecified atom stereocenters. The van der Waals surface area contributed by atoms with Gasteiger partial charge in [-0.1, -0.05) is 5.11 Å². The number of hydrogen-bond acceptors (Lipinski definition) is 5. The number of esters is 1. The normalized spacial score (nSPS) is 11.6. The van der Waals surface area contributed by atoms with Gasteiger partial charge < -0.3 is 10.1 Å². The van der Waals surface area contributed by atoms with E-state index in [1.165, 1.54) is 11.3 Å². The second kappa shape index (κ2) is 8.52. The number of thiophene rings is 1. The molecule has 0 aliphatic carbocycles. The van der Waals surface area contributed by atoms with Crippen molar-refractivity contribution in [1.29, 1.82) is 0 Å². The first-order chi connectivity index (χ1) is 8.79. The first-order valence-corrected chi connectivity index (χ1v) is 6.66. The van der Waals surface area contributed by atoms with Crippen molar-refractivity contribution < 1.29 is 9.53 Å². The van der Waals surface area contributed by atoms with Crippen molar-refractivity contribution in [2.75, 3.05) is 19.7 Å². The van der Waals surface area contributed by atoms with Crippen LogP contribution in [0.1, 0.15) is 24.9 Å². The minimum Gasteiger partial charge on any atom is -0.465 e. The van der Waals surface area contributed by atoms with Gasteiger partial charge in [-0.2, -0.15) is 11.3 Å². The molecule has 0 saturated heterocycles. The molecule has 0 bridgehead atoms. The van der Waals surface area contributed by atoms with Crippen LogP contribution in [0.3, 0.4) is 0 Å². The largest absolute Gasteiger partial charge is 0.465 e. The quantitative estimate of drug-likeness (QED) is 0.258. The van der Waals surface area contributed by atoms with E-state index in [1.807, 2.05) is 16.8 Å². The van der Waals surface area contributed by atoms with Crippen LogP contribution in [-0.4, -0.2) is 25.7 Å². The van der Waals surface area contributed by atoms with Gasteiger partial charge in [-0.25, -0.2) is 4.79 Å². The summed E-state index contributed by atoms with van der Waals surface area (Å²) in [5.74, 6) is -0.278. The third-order valence-corrected chi connectivity index (χ3v) is 2.95. The molecule has 7 heteroatoms. The van der Waals surface area contributed by atoms with Crippen LogP contribution in [0.2, 0.25) is 0 Å². The number of azide groups is 1. The number of ether oxygens (including phenoxy) is 1. The molecule has 1 atom stereocenters. The van der Waals surface area contributed by atoms with Gasteiger partial charge in [0.15, 0.2) is 0 Å². The SMILES string of the molecule is CCOC(=O)C(NCCCN=[N+]=[N-])c1ccsc1. The van der Waals surface area contributed by atoms with E-state index in [2.05, 4.69) is 15.3 Å². The molecule has 0 aliphatic rings. The van der Waals surface area contributed by atoms with Gasteiger partial charge in [-0.05, 0) is 47.8 Å². The van der Waals surface area contributed by atoms with Gasteiger partial charge in [-0.3, -0.25) is 0 Å². The third-order valence-electron chi connectivity index (χ3n) is 2.25. The molecule has 0 spiro atoms. The first-order valence-electron chi connectivity index (χ1n) is 5.72. The number of nitrogens with one attached hydrogen (secondary N) is 1. The van der Waals surface area contributed by atoms with Gasteiger partial charge in [0.2, 0.25) is 0 Å². The summed E-state index contributed by atoms with van der Waals surface area (Å²) in [7, 11) is 0. The Balaban J connectivity index is 2.50. The Labute approximate surface area is 110 Å². The maximum atomic E-state index is 11.8. The summed E-state index contributed by atoms with van der Waals surface area (Å²) in [6.07, 6.45) is 0.685. The summed E-state index contributed by atoms with van der Waals surface area (Å²) in [5.41, 5.74) is 9.05. The number of nitrogens with zero attached hydrogens (tertiary/aromatic N) is 3. The minimum absolute atomic E-state index is 0.278. The molecule has 1 aromatic rings. The second-order valence-corrected chi connectivity index (χ2v) is 4.28. The van der Waals surface area contributed by atoms with E-state index >= 15 is 0 Å². The van der Waals surface area contributed by atoms with Crippen LogP contribution >= 0.6 is 11.3 Å². The highest BCUT2D eigenvalue weighted by Crippen LogP contribution is 2.17. The number of hydrogen-bond donors (Lipinski definition) is 1. The Morgan fingerprint density at radius 2 is 2.56 bits per heavy atom. The molecular weight excluding hydrogens is 252 g/mol. The summed E-state index contributed by atoms with van der Waals surface area (Å²) in [6, 6.07) is 1.45. The fraction of sp³-hybridized carbons (Fsp3) is 0.545.